The third-order valence-corrected chi connectivity index (χ3v) is 4.10. The summed E-state index contributed by atoms with van der Waals surface area (Å²) in [5.74, 6) is -1.07. The number of alkyl halides is 3. The van der Waals surface area contributed by atoms with E-state index in [0.717, 1.165) is 0 Å². The molecule has 1 N–H and O–H groups in total. The van der Waals surface area contributed by atoms with Crippen LogP contribution in [0.3, 0.4) is 0 Å². The van der Waals surface area contributed by atoms with Gasteiger partial charge in [0.15, 0.2) is 0 Å². The van der Waals surface area contributed by atoms with Gasteiger partial charge in [0, 0.05) is 24.9 Å². The van der Waals surface area contributed by atoms with Gasteiger partial charge in [-0.1, -0.05) is 6.92 Å². The first kappa shape index (κ1) is 17.1. The molecule has 5 nitrogen and oxygen atoms in total. The van der Waals surface area contributed by atoms with Crippen LogP contribution in [0.2, 0.25) is 0 Å². The third-order valence-electron chi connectivity index (χ3n) is 4.10. The summed E-state index contributed by atoms with van der Waals surface area (Å²) in [7, 11) is 0. The second kappa shape index (κ2) is 6.44. The first-order valence-electron chi connectivity index (χ1n) is 7.39. The summed E-state index contributed by atoms with van der Waals surface area (Å²) in [5, 5.41) is 2.68. The second-order valence-corrected chi connectivity index (χ2v) is 6.56. The Hall–Kier alpha value is -1.31. The SMILES string of the molecule is CC1(COC(=O)C2CCCN(CC(F)(F)F)C2)CNC(=O)C1. The van der Waals surface area contributed by atoms with Gasteiger partial charge in [0.2, 0.25) is 5.91 Å². The van der Waals surface area contributed by atoms with Crippen LogP contribution < -0.4 is 5.32 Å². The van der Waals surface area contributed by atoms with Crippen molar-refractivity contribution in [2.24, 2.45) is 11.3 Å². The number of piperidine rings is 1. The van der Waals surface area contributed by atoms with Crippen molar-refractivity contribution in [1.29, 1.82) is 0 Å². The lowest BCUT2D eigenvalue weighted by atomic mass is 9.91. The van der Waals surface area contributed by atoms with Crippen molar-refractivity contribution in [3.05, 3.63) is 0 Å². The fourth-order valence-corrected chi connectivity index (χ4v) is 2.93. The van der Waals surface area contributed by atoms with Crippen molar-refractivity contribution >= 4 is 11.9 Å². The predicted molar refractivity (Wildman–Crippen MR) is 71.9 cm³/mol. The molecule has 0 aromatic rings. The molecule has 0 spiro atoms. The maximum Gasteiger partial charge on any atom is 0.401 e. The van der Waals surface area contributed by atoms with Gasteiger partial charge >= 0.3 is 12.1 Å². The third kappa shape index (κ3) is 4.86. The molecule has 0 bridgehead atoms. The molecule has 0 saturated carbocycles. The number of likely N-dealkylation sites (tertiary alicyclic amines) is 1. The van der Waals surface area contributed by atoms with Crippen LogP contribution in [0.1, 0.15) is 26.2 Å². The average Bonchev–Trinajstić information content (AvgIpc) is 2.75. The lowest BCUT2D eigenvalue weighted by Gasteiger charge is -2.32. The Morgan fingerprint density at radius 2 is 2.23 bits per heavy atom. The number of hydrogen-bond acceptors (Lipinski definition) is 4. The number of carbonyl (C=O) groups excluding carboxylic acids is 2. The van der Waals surface area contributed by atoms with Gasteiger partial charge in [0.1, 0.15) is 0 Å². The molecule has 0 aliphatic carbocycles. The van der Waals surface area contributed by atoms with Gasteiger partial charge in [-0.2, -0.15) is 13.2 Å². The molecule has 2 atom stereocenters. The summed E-state index contributed by atoms with van der Waals surface area (Å²) in [6, 6.07) is 0. The molecule has 2 fully saturated rings. The van der Waals surface area contributed by atoms with E-state index in [1.807, 2.05) is 6.92 Å². The van der Waals surface area contributed by atoms with Crippen LogP contribution in [0, 0.1) is 11.3 Å². The van der Waals surface area contributed by atoms with Crippen LogP contribution in [-0.2, 0) is 14.3 Å². The molecule has 2 aliphatic heterocycles. The maximum absolute atomic E-state index is 12.4. The van der Waals surface area contributed by atoms with Gasteiger partial charge in [-0.05, 0) is 19.4 Å². The number of rotatable bonds is 4. The quantitative estimate of drug-likeness (QED) is 0.794. The van der Waals surface area contributed by atoms with Gasteiger partial charge in [0.05, 0.1) is 19.1 Å². The number of nitrogens with zero attached hydrogens (tertiary/aromatic N) is 1. The minimum absolute atomic E-state index is 0.0756. The Bertz CT molecular complexity index is 442. The Balaban J connectivity index is 1.80. The van der Waals surface area contributed by atoms with E-state index in [-0.39, 0.29) is 19.1 Å². The van der Waals surface area contributed by atoms with E-state index in [4.69, 9.17) is 4.74 Å². The normalized spacial score (nSPS) is 30.2. The highest BCUT2D eigenvalue weighted by Gasteiger charge is 2.38. The smallest absolute Gasteiger partial charge is 0.401 e. The molecule has 22 heavy (non-hydrogen) atoms. The van der Waals surface area contributed by atoms with E-state index in [2.05, 4.69) is 5.32 Å². The van der Waals surface area contributed by atoms with Crippen LogP contribution in [-0.4, -0.2) is 55.7 Å². The molecule has 2 heterocycles. The van der Waals surface area contributed by atoms with Crippen LogP contribution >= 0.6 is 0 Å². The molecule has 2 unspecified atom stereocenters. The lowest BCUT2D eigenvalue weighted by Crippen LogP contribution is -2.44. The van der Waals surface area contributed by atoms with Crippen molar-refractivity contribution in [2.45, 2.75) is 32.4 Å². The number of hydrogen-bond donors (Lipinski definition) is 1. The van der Waals surface area contributed by atoms with Crippen molar-refractivity contribution < 1.29 is 27.5 Å². The zero-order chi connectivity index (χ0) is 16.4. The van der Waals surface area contributed by atoms with Gasteiger partial charge in [0.25, 0.3) is 0 Å². The van der Waals surface area contributed by atoms with E-state index in [1.165, 1.54) is 4.90 Å². The molecule has 0 aromatic carbocycles. The Labute approximate surface area is 127 Å². The minimum atomic E-state index is -4.25. The second-order valence-electron chi connectivity index (χ2n) is 6.56. The molecule has 2 rings (SSSR count). The van der Waals surface area contributed by atoms with Crippen LogP contribution in [0.4, 0.5) is 13.2 Å². The van der Waals surface area contributed by atoms with Crippen molar-refractivity contribution in [3.8, 4) is 0 Å². The van der Waals surface area contributed by atoms with Crippen molar-refractivity contribution in [1.82, 2.24) is 10.2 Å². The van der Waals surface area contributed by atoms with Gasteiger partial charge < -0.3 is 10.1 Å². The zero-order valence-corrected chi connectivity index (χ0v) is 12.5. The van der Waals surface area contributed by atoms with Gasteiger partial charge in [-0.25, -0.2) is 0 Å². The fraction of sp³-hybridized carbons (Fsp3) is 0.857. The molecule has 126 valence electrons. The van der Waals surface area contributed by atoms with E-state index < -0.39 is 30.0 Å². The molecular weight excluding hydrogens is 301 g/mol. The number of nitrogens with one attached hydrogen (secondary N) is 1. The first-order valence-corrected chi connectivity index (χ1v) is 7.39. The van der Waals surface area contributed by atoms with E-state index >= 15 is 0 Å². The number of ether oxygens (including phenoxy) is 1. The first-order chi connectivity index (χ1) is 10.2. The minimum Gasteiger partial charge on any atom is -0.465 e. The summed E-state index contributed by atoms with van der Waals surface area (Å²) in [6.45, 7) is 1.83. The highest BCUT2D eigenvalue weighted by molar-refractivity contribution is 5.79. The van der Waals surface area contributed by atoms with Crippen molar-refractivity contribution in [3.63, 3.8) is 0 Å². The van der Waals surface area contributed by atoms with Crippen LogP contribution in [0.25, 0.3) is 0 Å². The Morgan fingerprint density at radius 3 is 2.82 bits per heavy atom. The number of carbonyl (C=O) groups is 2. The molecular formula is C14H21F3N2O3. The highest BCUT2D eigenvalue weighted by Crippen LogP contribution is 2.27. The Morgan fingerprint density at radius 1 is 1.50 bits per heavy atom. The monoisotopic (exact) mass is 322 g/mol. The molecule has 0 aromatic heterocycles. The molecule has 1 amide bonds. The van der Waals surface area contributed by atoms with Gasteiger partial charge in [-0.3, -0.25) is 14.5 Å². The molecule has 2 aliphatic rings. The van der Waals surface area contributed by atoms with Gasteiger partial charge in [-0.15, -0.1) is 0 Å². The van der Waals surface area contributed by atoms with Crippen LogP contribution in [0.5, 0.6) is 0 Å². The largest absolute Gasteiger partial charge is 0.465 e. The summed E-state index contributed by atoms with van der Waals surface area (Å²) in [4.78, 5) is 24.5. The molecule has 8 heteroatoms. The lowest BCUT2D eigenvalue weighted by molar-refractivity contribution is -0.162. The summed E-state index contributed by atoms with van der Waals surface area (Å²) in [6.07, 6.45) is -2.87. The predicted octanol–water partition coefficient (Wildman–Crippen LogP) is 1.33. The number of esters is 1. The average molecular weight is 322 g/mol. The molecule has 2 saturated heterocycles. The summed E-state index contributed by atoms with van der Waals surface area (Å²) < 4.78 is 42.5. The molecule has 0 radical (unpaired) electrons. The zero-order valence-electron chi connectivity index (χ0n) is 12.5. The summed E-state index contributed by atoms with van der Waals surface area (Å²) in [5.41, 5.74) is -0.424. The Kier molecular flexibility index (Phi) is 4.99. The van der Waals surface area contributed by atoms with E-state index in [1.54, 1.807) is 0 Å². The van der Waals surface area contributed by atoms with Crippen molar-refractivity contribution in [2.75, 3.05) is 32.8 Å². The maximum atomic E-state index is 12.4. The number of halogens is 3. The number of amides is 1. The summed E-state index contributed by atoms with van der Waals surface area (Å²) >= 11 is 0. The van der Waals surface area contributed by atoms with E-state index in [9.17, 15) is 22.8 Å². The van der Waals surface area contributed by atoms with E-state index in [0.29, 0.717) is 32.4 Å². The topological polar surface area (TPSA) is 58.6 Å². The highest BCUT2D eigenvalue weighted by atomic mass is 19.4. The standard InChI is InChI=1S/C14H21F3N2O3/c1-13(5-11(20)18-7-13)9-22-12(21)10-3-2-4-19(6-10)8-14(15,16)17/h10H,2-9H2,1H3,(H,18,20). The fourth-order valence-electron chi connectivity index (χ4n) is 2.93. The van der Waals surface area contributed by atoms with Crippen LogP contribution in [0.15, 0.2) is 0 Å².